The number of aryl methyl sites for hydroxylation is 1. The van der Waals surface area contributed by atoms with Gasteiger partial charge in [0.05, 0.1) is 15.5 Å². The molecule has 1 aromatic heterocycles. The van der Waals surface area contributed by atoms with E-state index in [1.165, 1.54) is 27.8 Å². The van der Waals surface area contributed by atoms with Gasteiger partial charge in [-0.05, 0) is 19.1 Å². The molecule has 3 rings (SSSR count). The molecule has 0 saturated carbocycles. The van der Waals surface area contributed by atoms with Crippen LogP contribution in [-0.2, 0) is 10.0 Å². The zero-order chi connectivity index (χ0) is 18.0. The van der Waals surface area contributed by atoms with E-state index in [-0.39, 0.29) is 29.5 Å². The molecule has 0 bridgehead atoms. The van der Waals surface area contributed by atoms with Crippen molar-refractivity contribution in [3.05, 3.63) is 45.9 Å². The van der Waals surface area contributed by atoms with Crippen molar-refractivity contribution in [3.8, 4) is 6.07 Å². The Hall–Kier alpha value is -2.28. The van der Waals surface area contributed by atoms with Crippen LogP contribution < -0.4 is 0 Å². The van der Waals surface area contributed by atoms with Gasteiger partial charge in [-0.3, -0.25) is 4.79 Å². The average Bonchev–Trinajstić information content (AvgIpc) is 3.07. The minimum Gasteiger partial charge on any atom is -0.335 e. The average molecular weight is 376 g/mol. The summed E-state index contributed by atoms with van der Waals surface area (Å²) in [5, 5.41) is 11.7. The molecule has 0 radical (unpaired) electrons. The number of piperazine rings is 1. The summed E-state index contributed by atoms with van der Waals surface area (Å²) in [5.41, 5.74) is 0.521. The number of sulfonamides is 1. The first kappa shape index (κ1) is 17.5. The molecule has 130 valence electrons. The Balaban J connectivity index is 1.74. The number of nitriles is 1. The molecule has 0 unspecified atom stereocenters. The predicted octanol–water partition coefficient (Wildman–Crippen LogP) is 1.47. The summed E-state index contributed by atoms with van der Waals surface area (Å²) >= 11 is 1.41. The molecular weight excluding hydrogens is 360 g/mol. The van der Waals surface area contributed by atoms with Crippen molar-refractivity contribution in [2.24, 2.45) is 0 Å². The third-order valence-electron chi connectivity index (χ3n) is 3.99. The topological polar surface area (TPSA) is 94.4 Å². The lowest BCUT2D eigenvalue weighted by atomic mass is 10.2. The smallest absolute Gasteiger partial charge is 0.273 e. The number of carbonyl (C=O) groups excluding carboxylic acids is 1. The second-order valence-corrected chi connectivity index (χ2v) is 8.52. The molecule has 0 aliphatic carbocycles. The van der Waals surface area contributed by atoms with E-state index in [1.54, 1.807) is 22.4 Å². The van der Waals surface area contributed by atoms with Crippen LogP contribution in [0.5, 0.6) is 0 Å². The van der Waals surface area contributed by atoms with Gasteiger partial charge >= 0.3 is 0 Å². The van der Waals surface area contributed by atoms with Crippen LogP contribution in [0.1, 0.15) is 21.1 Å². The van der Waals surface area contributed by atoms with Crippen LogP contribution in [0.4, 0.5) is 0 Å². The maximum atomic E-state index is 12.8. The summed E-state index contributed by atoms with van der Waals surface area (Å²) in [5.74, 6) is -0.182. The van der Waals surface area contributed by atoms with E-state index in [4.69, 9.17) is 5.26 Å². The predicted molar refractivity (Wildman–Crippen MR) is 92.7 cm³/mol. The van der Waals surface area contributed by atoms with Gasteiger partial charge in [0.2, 0.25) is 10.0 Å². The number of hydrogen-bond acceptors (Lipinski definition) is 6. The molecular formula is C16H16N4O3S2. The summed E-state index contributed by atoms with van der Waals surface area (Å²) in [4.78, 5) is 18.2. The number of rotatable bonds is 3. The second kappa shape index (κ2) is 6.92. The molecule has 1 amide bonds. The molecule has 1 aliphatic rings. The highest BCUT2D eigenvalue weighted by Crippen LogP contribution is 2.21. The first-order valence-corrected chi connectivity index (χ1v) is 9.96. The standard InChI is InChI=1S/C16H16N4O3S2/c1-12-18-14(11-24-12)16(21)19-6-8-20(9-7-19)25(22,23)15-5-3-2-4-13(15)10-17/h2-5,11H,6-9H2,1H3. The fourth-order valence-corrected chi connectivity index (χ4v) is 4.83. The first-order valence-electron chi connectivity index (χ1n) is 7.64. The molecule has 1 saturated heterocycles. The zero-order valence-corrected chi connectivity index (χ0v) is 15.2. The normalized spacial score (nSPS) is 15.8. The number of nitrogens with zero attached hydrogens (tertiary/aromatic N) is 4. The van der Waals surface area contributed by atoms with E-state index in [0.717, 1.165) is 5.01 Å². The van der Waals surface area contributed by atoms with E-state index in [2.05, 4.69) is 4.98 Å². The molecule has 2 aromatic rings. The van der Waals surface area contributed by atoms with Gasteiger partial charge < -0.3 is 4.90 Å². The Morgan fingerprint density at radius 2 is 1.92 bits per heavy atom. The van der Waals surface area contributed by atoms with Crippen LogP contribution in [0, 0.1) is 18.3 Å². The summed E-state index contributed by atoms with van der Waals surface area (Å²) in [6.45, 7) is 2.80. The number of aromatic nitrogens is 1. The number of thiazole rings is 1. The lowest BCUT2D eigenvalue weighted by Gasteiger charge is -2.33. The Morgan fingerprint density at radius 3 is 2.52 bits per heavy atom. The Morgan fingerprint density at radius 1 is 1.24 bits per heavy atom. The van der Waals surface area contributed by atoms with Crippen LogP contribution in [0.3, 0.4) is 0 Å². The van der Waals surface area contributed by atoms with Gasteiger partial charge in [0.25, 0.3) is 5.91 Å². The molecule has 1 aliphatic heterocycles. The monoisotopic (exact) mass is 376 g/mol. The van der Waals surface area contributed by atoms with Gasteiger partial charge in [-0.25, -0.2) is 13.4 Å². The third-order valence-corrected chi connectivity index (χ3v) is 6.72. The van der Waals surface area contributed by atoms with Crippen LogP contribution in [0.25, 0.3) is 0 Å². The fraction of sp³-hybridized carbons (Fsp3) is 0.312. The molecule has 1 aromatic carbocycles. The van der Waals surface area contributed by atoms with Crippen molar-refractivity contribution in [1.82, 2.24) is 14.2 Å². The molecule has 25 heavy (non-hydrogen) atoms. The lowest BCUT2D eigenvalue weighted by molar-refractivity contribution is 0.0692. The summed E-state index contributed by atoms with van der Waals surface area (Å²) in [7, 11) is -3.76. The highest BCUT2D eigenvalue weighted by Gasteiger charge is 2.32. The maximum absolute atomic E-state index is 12.8. The van der Waals surface area contributed by atoms with Gasteiger partial charge in [0, 0.05) is 31.6 Å². The molecule has 2 heterocycles. The van der Waals surface area contributed by atoms with Gasteiger partial charge in [0.1, 0.15) is 11.8 Å². The van der Waals surface area contributed by atoms with Crippen LogP contribution in [0.15, 0.2) is 34.5 Å². The summed E-state index contributed by atoms with van der Waals surface area (Å²) in [6.07, 6.45) is 0. The summed E-state index contributed by atoms with van der Waals surface area (Å²) < 4.78 is 26.9. The molecule has 1 fully saturated rings. The Labute approximate surface area is 150 Å². The number of carbonyl (C=O) groups is 1. The highest BCUT2D eigenvalue weighted by atomic mass is 32.2. The number of benzene rings is 1. The first-order chi connectivity index (χ1) is 11.9. The van der Waals surface area contributed by atoms with E-state index < -0.39 is 10.0 Å². The van der Waals surface area contributed by atoms with E-state index in [9.17, 15) is 13.2 Å². The Kier molecular flexibility index (Phi) is 4.85. The zero-order valence-electron chi connectivity index (χ0n) is 13.5. The number of hydrogen-bond donors (Lipinski definition) is 0. The van der Waals surface area contributed by atoms with Crippen LogP contribution in [-0.4, -0.2) is 54.7 Å². The highest BCUT2D eigenvalue weighted by molar-refractivity contribution is 7.89. The van der Waals surface area contributed by atoms with Gasteiger partial charge in [-0.1, -0.05) is 12.1 Å². The lowest BCUT2D eigenvalue weighted by Crippen LogP contribution is -2.50. The van der Waals surface area contributed by atoms with Crippen molar-refractivity contribution >= 4 is 27.3 Å². The molecule has 0 N–H and O–H groups in total. The van der Waals surface area contributed by atoms with Crippen molar-refractivity contribution < 1.29 is 13.2 Å². The summed E-state index contributed by atoms with van der Waals surface area (Å²) in [6, 6.07) is 8.06. The van der Waals surface area contributed by atoms with E-state index >= 15 is 0 Å². The second-order valence-electron chi connectivity index (χ2n) is 5.56. The SMILES string of the molecule is Cc1nc(C(=O)N2CCN(S(=O)(=O)c3ccccc3C#N)CC2)cs1. The van der Waals surface area contributed by atoms with Gasteiger partial charge in [-0.2, -0.15) is 9.57 Å². The third kappa shape index (κ3) is 3.42. The molecule has 7 nitrogen and oxygen atoms in total. The van der Waals surface area contributed by atoms with Crippen LogP contribution >= 0.6 is 11.3 Å². The maximum Gasteiger partial charge on any atom is 0.273 e. The largest absolute Gasteiger partial charge is 0.335 e. The quantitative estimate of drug-likeness (QED) is 0.808. The number of amides is 1. The van der Waals surface area contributed by atoms with Gasteiger partial charge in [-0.15, -0.1) is 11.3 Å². The van der Waals surface area contributed by atoms with Gasteiger partial charge in [0.15, 0.2) is 0 Å². The molecule has 9 heteroatoms. The van der Waals surface area contributed by atoms with E-state index in [1.807, 2.05) is 13.0 Å². The van der Waals surface area contributed by atoms with Crippen molar-refractivity contribution in [1.29, 1.82) is 5.26 Å². The molecule has 0 spiro atoms. The minimum absolute atomic E-state index is 0.00685. The van der Waals surface area contributed by atoms with E-state index in [0.29, 0.717) is 18.8 Å². The minimum atomic E-state index is -3.76. The van der Waals surface area contributed by atoms with Crippen LogP contribution in [0.2, 0.25) is 0 Å². The fourth-order valence-electron chi connectivity index (χ4n) is 2.68. The molecule has 0 atom stereocenters. The van der Waals surface area contributed by atoms with Crippen molar-refractivity contribution in [3.63, 3.8) is 0 Å². The Bertz CT molecular complexity index is 938. The van der Waals surface area contributed by atoms with Crippen molar-refractivity contribution in [2.75, 3.05) is 26.2 Å². The van der Waals surface area contributed by atoms with Crippen molar-refractivity contribution in [2.45, 2.75) is 11.8 Å².